The monoisotopic (exact) mass is 1080 g/mol. The number of aliphatic hydroxyl groups excluding tert-OH is 2. The molecule has 0 amide bonds. The van der Waals surface area contributed by atoms with Crippen LogP contribution in [0.3, 0.4) is 0 Å². The fourth-order valence-corrected chi connectivity index (χ4v) is 10.9. The molecule has 1 aromatic rings. The number of aromatic nitrogens is 2. The highest BCUT2D eigenvalue weighted by Crippen LogP contribution is 2.60. The Kier molecular flexibility index (Phi) is 33.1. The summed E-state index contributed by atoms with van der Waals surface area (Å²) in [5.74, 6) is -0.499. The molecule has 21 heteroatoms. The van der Waals surface area contributed by atoms with Crippen LogP contribution in [0.15, 0.2) is 29.2 Å². The molecule has 0 aromatic carbocycles. The van der Waals surface area contributed by atoms with Gasteiger partial charge in [0.2, 0.25) is 0 Å². The number of nitrogens with two attached hydrogens (primary N) is 1. The topological polar surface area (TPSA) is 278 Å². The fourth-order valence-electron chi connectivity index (χ4n) is 8.80. The Morgan fingerprint density at radius 1 is 0.712 bits per heavy atom. The number of esters is 2. The van der Waals surface area contributed by atoms with Gasteiger partial charge < -0.3 is 44.7 Å². The number of hydrogen-bond donors (Lipinski definition) is 5. The molecule has 2 fully saturated rings. The quantitative estimate of drug-likeness (QED) is 0.0133. The van der Waals surface area contributed by atoms with E-state index in [9.17, 15) is 43.5 Å². The molecule has 3 rings (SSSR count). The first-order chi connectivity index (χ1) is 35.0. The summed E-state index contributed by atoms with van der Waals surface area (Å²) in [6.07, 6.45) is 30.2. The highest BCUT2D eigenvalue weighted by Gasteiger charge is 2.46. The second-order valence-electron chi connectivity index (χ2n) is 20.3. The predicted octanol–water partition coefficient (Wildman–Crippen LogP) is 10.9. The van der Waals surface area contributed by atoms with Crippen LogP contribution >= 0.6 is 15.6 Å². The first-order valence-corrected chi connectivity index (χ1v) is 30.7. The number of allylic oxidation sites excluding steroid dienone is 1. The first-order valence-electron chi connectivity index (χ1n) is 27.7. The van der Waals surface area contributed by atoms with Crippen LogP contribution in [-0.4, -0.2) is 97.9 Å². The molecule has 422 valence electrons. The largest absolute Gasteiger partial charge is 0.481 e. The Morgan fingerprint density at radius 3 is 1.86 bits per heavy atom. The van der Waals surface area contributed by atoms with Crippen molar-refractivity contribution in [1.29, 1.82) is 0 Å². The third-order valence-electron chi connectivity index (χ3n) is 13.2. The summed E-state index contributed by atoms with van der Waals surface area (Å²) in [7, 11) is -10.9. The van der Waals surface area contributed by atoms with Gasteiger partial charge in [-0.05, 0) is 50.5 Å². The summed E-state index contributed by atoms with van der Waals surface area (Å²) in [6.45, 7) is 4.47. The van der Waals surface area contributed by atoms with E-state index in [1.807, 2.05) is 0 Å². The second-order valence-corrected chi connectivity index (χ2v) is 23.3. The van der Waals surface area contributed by atoms with Crippen LogP contribution in [0.25, 0.3) is 0 Å². The average molecular weight is 1080 g/mol. The zero-order valence-electron chi connectivity index (χ0n) is 44.3. The van der Waals surface area contributed by atoms with Crippen LogP contribution < -0.4 is 11.4 Å². The van der Waals surface area contributed by atoms with Crippen molar-refractivity contribution in [3.8, 4) is 0 Å². The molecular formula is C52H93N3O16P2. The lowest BCUT2D eigenvalue weighted by atomic mass is 10.0. The number of carbonyl (C=O) groups is 2. The van der Waals surface area contributed by atoms with Crippen molar-refractivity contribution in [2.24, 2.45) is 5.92 Å². The molecule has 1 aromatic heterocycles. The summed E-state index contributed by atoms with van der Waals surface area (Å²) >= 11 is 0. The fraction of sp³-hybridized carbons (Fsp3) is 0.846. The zero-order valence-corrected chi connectivity index (χ0v) is 46.1. The Balaban J connectivity index is 1.37. The van der Waals surface area contributed by atoms with Gasteiger partial charge in [-0.2, -0.15) is 9.29 Å². The number of epoxide rings is 1. The van der Waals surface area contributed by atoms with Gasteiger partial charge in [0, 0.05) is 19.0 Å². The maximum absolute atomic E-state index is 12.9. The molecule has 0 saturated carbocycles. The molecule has 3 heterocycles. The number of nitrogen functional groups attached to an aromatic ring is 1. The minimum Gasteiger partial charge on any atom is -0.462 e. The second kappa shape index (κ2) is 37.3. The third-order valence-corrected chi connectivity index (χ3v) is 15.8. The summed E-state index contributed by atoms with van der Waals surface area (Å²) in [6, 6.07) is 1.25. The van der Waals surface area contributed by atoms with E-state index < -0.39 is 83.7 Å². The van der Waals surface area contributed by atoms with Gasteiger partial charge in [-0.1, -0.05) is 174 Å². The highest BCUT2D eigenvalue weighted by molar-refractivity contribution is 7.61. The van der Waals surface area contributed by atoms with Gasteiger partial charge >= 0.3 is 33.3 Å². The molecule has 0 aliphatic carbocycles. The van der Waals surface area contributed by atoms with Crippen LogP contribution in [0, 0.1) is 5.92 Å². The van der Waals surface area contributed by atoms with E-state index in [0.717, 1.165) is 81.1 Å². The van der Waals surface area contributed by atoms with Crippen molar-refractivity contribution >= 4 is 33.4 Å². The van der Waals surface area contributed by atoms with Crippen LogP contribution in [-0.2, 0) is 51.0 Å². The highest BCUT2D eigenvalue weighted by atomic mass is 31.3. The molecule has 2 aliphatic rings. The van der Waals surface area contributed by atoms with Crippen LogP contribution in [0.1, 0.15) is 220 Å². The van der Waals surface area contributed by atoms with Crippen molar-refractivity contribution in [3.05, 3.63) is 34.9 Å². The summed E-state index contributed by atoms with van der Waals surface area (Å²) in [5.41, 5.74) is 4.60. The van der Waals surface area contributed by atoms with E-state index in [-0.39, 0.29) is 18.7 Å². The van der Waals surface area contributed by atoms with Gasteiger partial charge in [-0.25, -0.2) is 13.9 Å². The molecule has 4 unspecified atom stereocenters. The number of unbranched alkanes of at least 4 members (excludes halogenated alkanes) is 22. The van der Waals surface area contributed by atoms with E-state index >= 15 is 0 Å². The maximum Gasteiger partial charge on any atom is 0.481 e. The lowest BCUT2D eigenvalue weighted by molar-refractivity contribution is -0.161. The van der Waals surface area contributed by atoms with Gasteiger partial charge in [-0.15, -0.1) is 0 Å². The first kappa shape index (κ1) is 64.7. The number of phosphoric acid groups is 2. The third kappa shape index (κ3) is 30.1. The average Bonchev–Trinajstić information content (AvgIpc) is 4.03. The van der Waals surface area contributed by atoms with E-state index in [1.165, 1.54) is 109 Å². The van der Waals surface area contributed by atoms with Gasteiger partial charge in [0.25, 0.3) is 0 Å². The smallest absolute Gasteiger partial charge is 0.462 e. The van der Waals surface area contributed by atoms with Crippen molar-refractivity contribution in [2.45, 2.75) is 256 Å². The summed E-state index contributed by atoms with van der Waals surface area (Å²) in [5, 5.41) is 20.9. The Labute approximate surface area is 435 Å². The number of anilines is 1. The lowest BCUT2D eigenvalue weighted by Crippen LogP contribution is -2.36. The van der Waals surface area contributed by atoms with E-state index in [4.69, 9.17) is 33.7 Å². The van der Waals surface area contributed by atoms with Crippen LogP contribution in [0.5, 0.6) is 0 Å². The maximum atomic E-state index is 12.9. The normalized spacial score (nSPS) is 21.9. The minimum atomic E-state index is -5.43. The number of carbonyl (C=O) groups excluding carboxylic acids is 2. The predicted molar refractivity (Wildman–Crippen MR) is 279 cm³/mol. The zero-order chi connectivity index (χ0) is 53.3. The Morgan fingerprint density at radius 2 is 1.27 bits per heavy atom. The molecule has 73 heavy (non-hydrogen) atoms. The Bertz CT molecular complexity index is 1850. The number of phosphoric ester groups is 2. The van der Waals surface area contributed by atoms with E-state index in [2.05, 4.69) is 42.2 Å². The standard InChI is InChI=1S/C52H93N3O16P2/c1-4-5-6-7-22-27-32-43-44(69-43)33-28-23-20-25-29-34-47(56)65-38-42(68-48(57)35-30-24-19-17-15-13-11-9-8-10-12-14-16-18-21-26-31-41(2)3)39-66-72(61,62)71-73(63,64)67-40-45-49(58)50(59)51(70-45)55-37-36-46(53)54-52(55)60/h22,27,36-37,41-45,49-51,58-59H,4-21,23-26,28-35,38-40H2,1-3H3,(H,61,62)(H,63,64)(H2,53,54,60)/b27-22-/t42-,43?,44?,45-,49-,50-,51-/m1/s1. The SMILES string of the molecule is CCCCC/C=C\CC1OC1CCCCCCCC(=O)OC[C@H](COP(=O)(O)OP(=O)(O)OC[C@H]1O[C@@H](n2ccc(N)nc2=O)[C@H](O)[C@@H]1O)OC(=O)CCCCCCCCCCCCCCCCCCC(C)C. The van der Waals surface area contributed by atoms with Crippen molar-refractivity contribution in [3.63, 3.8) is 0 Å². The number of hydrogen-bond acceptors (Lipinski definition) is 16. The van der Waals surface area contributed by atoms with Gasteiger partial charge in [-0.3, -0.25) is 23.2 Å². The Hall–Kier alpha value is -2.54. The minimum absolute atomic E-state index is 0.0488. The van der Waals surface area contributed by atoms with Gasteiger partial charge in [0.15, 0.2) is 12.3 Å². The number of aliphatic hydroxyl groups is 2. The molecule has 6 N–H and O–H groups in total. The van der Waals surface area contributed by atoms with Crippen LogP contribution in [0.2, 0.25) is 0 Å². The molecule has 2 aliphatic heterocycles. The molecule has 2 saturated heterocycles. The molecule has 0 radical (unpaired) electrons. The van der Waals surface area contributed by atoms with Crippen molar-refractivity contribution in [1.82, 2.24) is 9.55 Å². The van der Waals surface area contributed by atoms with E-state index in [0.29, 0.717) is 25.0 Å². The molecular weight excluding hydrogens is 985 g/mol. The number of nitrogens with zero attached hydrogens (tertiary/aromatic N) is 2. The van der Waals surface area contributed by atoms with Gasteiger partial charge in [0.05, 0.1) is 25.4 Å². The molecule has 0 bridgehead atoms. The van der Waals surface area contributed by atoms with Gasteiger partial charge in [0.1, 0.15) is 30.7 Å². The summed E-state index contributed by atoms with van der Waals surface area (Å²) < 4.78 is 62.8. The summed E-state index contributed by atoms with van der Waals surface area (Å²) in [4.78, 5) is 62.1. The lowest BCUT2D eigenvalue weighted by Gasteiger charge is -2.21. The van der Waals surface area contributed by atoms with Crippen molar-refractivity contribution < 1.29 is 71.0 Å². The van der Waals surface area contributed by atoms with Crippen LogP contribution in [0.4, 0.5) is 5.82 Å². The molecule has 9 atom stereocenters. The molecule has 19 nitrogen and oxygen atoms in total. The van der Waals surface area contributed by atoms with Crippen molar-refractivity contribution in [2.75, 3.05) is 25.6 Å². The number of rotatable bonds is 45. The van der Waals surface area contributed by atoms with E-state index in [1.54, 1.807) is 0 Å². The number of ether oxygens (including phenoxy) is 4. The molecule has 0 spiro atoms.